The van der Waals surface area contributed by atoms with Crippen molar-refractivity contribution in [3.8, 4) is 5.75 Å². The third kappa shape index (κ3) is 4.23. The highest BCUT2D eigenvalue weighted by Gasteiger charge is 2.39. The van der Waals surface area contributed by atoms with E-state index in [-0.39, 0.29) is 24.8 Å². The molecule has 1 unspecified atom stereocenters. The fourth-order valence-corrected chi connectivity index (χ4v) is 3.17. The third-order valence-electron chi connectivity index (χ3n) is 4.49. The normalized spacial score (nSPS) is 25.0. The minimum atomic E-state index is -0.898. The van der Waals surface area contributed by atoms with Gasteiger partial charge in [-0.1, -0.05) is 12.1 Å². The molecule has 0 aromatic heterocycles. The molecule has 1 atom stereocenters. The van der Waals surface area contributed by atoms with Gasteiger partial charge in [0.2, 0.25) is 0 Å². The van der Waals surface area contributed by atoms with Crippen LogP contribution in [0.2, 0.25) is 0 Å². The van der Waals surface area contributed by atoms with E-state index in [1.165, 1.54) is 12.1 Å². The monoisotopic (exact) mass is 338 g/mol. The Labute approximate surface area is 140 Å². The van der Waals surface area contributed by atoms with Crippen LogP contribution in [-0.2, 0) is 9.53 Å². The topological polar surface area (TPSA) is 62.2 Å². The Morgan fingerprint density at radius 2 is 2.04 bits per heavy atom. The van der Waals surface area contributed by atoms with Crippen LogP contribution in [0.5, 0.6) is 5.75 Å². The maximum atomic E-state index is 13.5. The number of aliphatic hydroxyl groups is 1. The number of likely N-dealkylation sites (tertiary alicyclic amines) is 1. The Balaban J connectivity index is 1.49. The van der Waals surface area contributed by atoms with Crippen LogP contribution in [0.4, 0.5) is 4.39 Å². The van der Waals surface area contributed by atoms with Crippen LogP contribution in [0.1, 0.15) is 6.42 Å². The number of para-hydroxylation sites is 1. The van der Waals surface area contributed by atoms with Crippen LogP contribution in [0.25, 0.3) is 0 Å². The van der Waals surface area contributed by atoms with Gasteiger partial charge in [-0.05, 0) is 18.6 Å². The summed E-state index contributed by atoms with van der Waals surface area (Å²) in [5.41, 5.74) is -0.898. The molecular formula is C17H23FN2O4. The number of morpholine rings is 1. The Morgan fingerprint density at radius 1 is 1.29 bits per heavy atom. The lowest BCUT2D eigenvalue weighted by atomic mass is 10.0. The molecule has 2 saturated heterocycles. The summed E-state index contributed by atoms with van der Waals surface area (Å²) in [6.45, 7) is 4.02. The van der Waals surface area contributed by atoms with E-state index in [2.05, 4.69) is 4.90 Å². The molecule has 3 rings (SSSR count). The first kappa shape index (κ1) is 17.1. The fraction of sp³-hybridized carbons (Fsp3) is 0.588. The third-order valence-corrected chi connectivity index (χ3v) is 4.49. The number of rotatable bonds is 5. The average molecular weight is 338 g/mol. The van der Waals surface area contributed by atoms with Crippen molar-refractivity contribution in [2.45, 2.75) is 12.0 Å². The van der Waals surface area contributed by atoms with Crippen molar-refractivity contribution in [1.82, 2.24) is 9.80 Å². The van der Waals surface area contributed by atoms with E-state index in [1.807, 2.05) is 0 Å². The summed E-state index contributed by atoms with van der Waals surface area (Å²) in [5, 5.41) is 10.7. The van der Waals surface area contributed by atoms with E-state index < -0.39 is 11.4 Å². The van der Waals surface area contributed by atoms with Crippen molar-refractivity contribution in [2.75, 3.05) is 52.5 Å². The summed E-state index contributed by atoms with van der Waals surface area (Å²) < 4.78 is 24.1. The summed E-state index contributed by atoms with van der Waals surface area (Å²) >= 11 is 0. The van der Waals surface area contributed by atoms with E-state index in [0.29, 0.717) is 32.7 Å². The molecule has 6 nitrogen and oxygen atoms in total. The second-order valence-corrected chi connectivity index (χ2v) is 6.40. The van der Waals surface area contributed by atoms with E-state index in [0.717, 1.165) is 13.1 Å². The number of hydrogen-bond donors (Lipinski definition) is 1. The van der Waals surface area contributed by atoms with Gasteiger partial charge in [0.25, 0.3) is 5.91 Å². The average Bonchev–Trinajstić information content (AvgIpc) is 2.97. The Kier molecular flexibility index (Phi) is 5.33. The van der Waals surface area contributed by atoms with Crippen LogP contribution in [0, 0.1) is 5.82 Å². The van der Waals surface area contributed by atoms with Crippen molar-refractivity contribution in [2.24, 2.45) is 0 Å². The second-order valence-electron chi connectivity index (χ2n) is 6.40. The fourth-order valence-electron chi connectivity index (χ4n) is 3.17. The van der Waals surface area contributed by atoms with Crippen molar-refractivity contribution in [3.05, 3.63) is 30.1 Å². The minimum Gasteiger partial charge on any atom is -0.481 e. The molecule has 2 aliphatic heterocycles. The quantitative estimate of drug-likeness (QED) is 0.847. The lowest BCUT2D eigenvalue weighted by Gasteiger charge is -2.33. The molecule has 2 aliphatic rings. The Morgan fingerprint density at radius 3 is 2.79 bits per heavy atom. The zero-order valence-corrected chi connectivity index (χ0v) is 13.6. The van der Waals surface area contributed by atoms with Crippen LogP contribution in [0.15, 0.2) is 24.3 Å². The molecule has 7 heteroatoms. The molecule has 1 N–H and O–H groups in total. The molecule has 2 heterocycles. The van der Waals surface area contributed by atoms with Crippen molar-refractivity contribution in [3.63, 3.8) is 0 Å². The number of carbonyl (C=O) groups is 1. The molecule has 1 aromatic carbocycles. The number of hydrogen-bond acceptors (Lipinski definition) is 5. The van der Waals surface area contributed by atoms with E-state index in [9.17, 15) is 14.3 Å². The van der Waals surface area contributed by atoms with Gasteiger partial charge in [-0.15, -0.1) is 0 Å². The molecule has 0 bridgehead atoms. The predicted octanol–water partition coefficient (Wildman–Crippen LogP) is 0.500. The highest BCUT2D eigenvalue weighted by molar-refractivity contribution is 5.78. The molecule has 132 valence electrons. The minimum absolute atomic E-state index is 0.0635. The van der Waals surface area contributed by atoms with Crippen LogP contribution < -0.4 is 4.74 Å². The first-order chi connectivity index (χ1) is 11.6. The number of ether oxygens (including phenoxy) is 2. The summed E-state index contributed by atoms with van der Waals surface area (Å²) in [7, 11) is 0. The van der Waals surface area contributed by atoms with Gasteiger partial charge in [-0.2, -0.15) is 0 Å². The Bertz CT molecular complexity index is 579. The standard InChI is InChI=1S/C17H23FN2O4/c18-14-3-1-2-4-15(14)24-11-16(21)20-6-5-17(22,13-20)12-19-7-9-23-10-8-19/h1-4,22H,5-13H2. The van der Waals surface area contributed by atoms with Crippen LogP contribution in [0.3, 0.4) is 0 Å². The highest BCUT2D eigenvalue weighted by atomic mass is 19.1. The zero-order valence-electron chi connectivity index (χ0n) is 13.6. The highest BCUT2D eigenvalue weighted by Crippen LogP contribution is 2.23. The van der Waals surface area contributed by atoms with Gasteiger partial charge in [0.05, 0.1) is 25.4 Å². The number of carbonyl (C=O) groups excluding carboxylic acids is 1. The maximum Gasteiger partial charge on any atom is 0.260 e. The number of benzene rings is 1. The van der Waals surface area contributed by atoms with Crippen molar-refractivity contribution >= 4 is 5.91 Å². The van der Waals surface area contributed by atoms with Gasteiger partial charge in [-0.25, -0.2) is 4.39 Å². The number of amides is 1. The summed E-state index contributed by atoms with van der Waals surface area (Å²) in [6.07, 6.45) is 0.537. The summed E-state index contributed by atoms with van der Waals surface area (Å²) in [4.78, 5) is 16.0. The summed E-state index contributed by atoms with van der Waals surface area (Å²) in [6, 6.07) is 5.99. The lowest BCUT2D eigenvalue weighted by Crippen LogP contribution is -2.49. The van der Waals surface area contributed by atoms with Gasteiger partial charge in [-0.3, -0.25) is 9.69 Å². The smallest absolute Gasteiger partial charge is 0.260 e. The second kappa shape index (κ2) is 7.46. The number of nitrogens with zero attached hydrogens (tertiary/aromatic N) is 2. The molecule has 1 amide bonds. The first-order valence-corrected chi connectivity index (χ1v) is 8.23. The molecule has 0 aliphatic carbocycles. The van der Waals surface area contributed by atoms with Gasteiger partial charge < -0.3 is 19.5 Å². The van der Waals surface area contributed by atoms with Crippen LogP contribution in [-0.4, -0.2) is 79.0 Å². The molecule has 0 spiro atoms. The van der Waals surface area contributed by atoms with Crippen LogP contribution >= 0.6 is 0 Å². The number of halogens is 1. The molecule has 0 radical (unpaired) electrons. The lowest BCUT2D eigenvalue weighted by molar-refractivity contribution is -0.133. The molecule has 2 fully saturated rings. The Hall–Kier alpha value is -1.70. The summed E-state index contributed by atoms with van der Waals surface area (Å²) in [5.74, 6) is -0.666. The molecule has 24 heavy (non-hydrogen) atoms. The molecule has 0 saturated carbocycles. The van der Waals surface area contributed by atoms with E-state index in [1.54, 1.807) is 17.0 Å². The van der Waals surface area contributed by atoms with Crippen molar-refractivity contribution in [1.29, 1.82) is 0 Å². The van der Waals surface area contributed by atoms with Gasteiger partial charge in [0.15, 0.2) is 18.2 Å². The largest absolute Gasteiger partial charge is 0.481 e. The molecular weight excluding hydrogens is 315 g/mol. The van der Waals surface area contributed by atoms with E-state index >= 15 is 0 Å². The van der Waals surface area contributed by atoms with Gasteiger partial charge >= 0.3 is 0 Å². The SMILES string of the molecule is O=C(COc1ccccc1F)N1CCC(O)(CN2CCOCC2)C1. The predicted molar refractivity (Wildman–Crippen MR) is 85.3 cm³/mol. The van der Waals surface area contributed by atoms with Gasteiger partial charge in [0, 0.05) is 26.2 Å². The zero-order chi connectivity index (χ0) is 17.0. The van der Waals surface area contributed by atoms with Crippen molar-refractivity contribution < 1.29 is 23.8 Å². The van der Waals surface area contributed by atoms with E-state index in [4.69, 9.17) is 9.47 Å². The molecule has 1 aromatic rings. The maximum absolute atomic E-state index is 13.5. The van der Waals surface area contributed by atoms with Gasteiger partial charge in [0.1, 0.15) is 0 Å². The first-order valence-electron chi connectivity index (χ1n) is 8.23. The number of β-amino-alcohol motifs (C(OH)–C–C–N with tert-alkyl or cyclic N) is 1.